The van der Waals surface area contributed by atoms with Gasteiger partial charge in [-0.15, -0.1) is 0 Å². The lowest BCUT2D eigenvalue weighted by Gasteiger charge is -2.35. The summed E-state index contributed by atoms with van der Waals surface area (Å²) in [4.78, 5) is 23.2. The molecule has 1 unspecified atom stereocenters. The Bertz CT molecular complexity index is 475. The Labute approximate surface area is 127 Å². The highest BCUT2D eigenvalue weighted by Crippen LogP contribution is 2.21. The number of rotatable bonds is 5. The lowest BCUT2D eigenvalue weighted by molar-refractivity contribution is 0.0602. The van der Waals surface area contributed by atoms with Crippen molar-refractivity contribution >= 4 is 11.9 Å². The van der Waals surface area contributed by atoms with Crippen LogP contribution >= 0.6 is 0 Å². The number of piperidine rings is 1. The summed E-state index contributed by atoms with van der Waals surface area (Å²) in [7, 11) is 0. The highest BCUT2D eigenvalue weighted by atomic mass is 16.2. The molecule has 0 aliphatic carbocycles. The molecule has 0 saturated carbocycles. The van der Waals surface area contributed by atoms with Crippen LogP contribution in [-0.4, -0.2) is 39.9 Å². The summed E-state index contributed by atoms with van der Waals surface area (Å²) in [6.45, 7) is 8.05. The maximum Gasteiger partial charge on any atom is 0.272 e. The second-order valence-electron chi connectivity index (χ2n) is 6.10. The molecule has 0 bridgehead atoms. The monoisotopic (exact) mass is 290 g/mol. The largest absolute Gasteiger partial charge is 0.354 e. The summed E-state index contributed by atoms with van der Waals surface area (Å²) in [5.74, 6) is 1.09. The molecule has 5 nitrogen and oxygen atoms in total. The molecule has 1 atom stereocenters. The number of hydrogen-bond acceptors (Lipinski definition) is 4. The third-order valence-corrected chi connectivity index (χ3v) is 3.90. The van der Waals surface area contributed by atoms with Crippen molar-refractivity contribution in [1.29, 1.82) is 0 Å². The second kappa shape index (κ2) is 7.38. The smallest absolute Gasteiger partial charge is 0.272 e. The SMILES string of the molecule is CCC1CCCCN1C(=O)c1ccnc(NCC(C)C)n1. The van der Waals surface area contributed by atoms with Crippen LogP contribution in [0.15, 0.2) is 12.3 Å². The van der Waals surface area contributed by atoms with E-state index < -0.39 is 0 Å². The Morgan fingerprint density at radius 2 is 2.29 bits per heavy atom. The Hall–Kier alpha value is -1.65. The van der Waals surface area contributed by atoms with Gasteiger partial charge in [-0.3, -0.25) is 4.79 Å². The van der Waals surface area contributed by atoms with E-state index in [4.69, 9.17) is 0 Å². The van der Waals surface area contributed by atoms with E-state index in [9.17, 15) is 4.79 Å². The lowest BCUT2D eigenvalue weighted by atomic mass is 9.99. The van der Waals surface area contributed by atoms with Gasteiger partial charge in [-0.1, -0.05) is 20.8 Å². The quantitative estimate of drug-likeness (QED) is 0.906. The molecule has 1 aliphatic rings. The molecular formula is C16H26N4O. The number of nitrogens with one attached hydrogen (secondary N) is 1. The van der Waals surface area contributed by atoms with Crippen molar-refractivity contribution in [3.05, 3.63) is 18.0 Å². The number of nitrogens with zero attached hydrogens (tertiary/aromatic N) is 3. The Balaban J connectivity index is 2.09. The van der Waals surface area contributed by atoms with Gasteiger partial charge in [0.05, 0.1) is 0 Å². The molecule has 1 aliphatic heterocycles. The maximum atomic E-state index is 12.7. The molecular weight excluding hydrogens is 264 g/mol. The van der Waals surface area contributed by atoms with Crippen molar-refractivity contribution in [1.82, 2.24) is 14.9 Å². The molecule has 0 aromatic carbocycles. The molecule has 2 heterocycles. The van der Waals surface area contributed by atoms with Crippen LogP contribution in [0, 0.1) is 5.92 Å². The highest BCUT2D eigenvalue weighted by Gasteiger charge is 2.27. The number of likely N-dealkylation sites (tertiary alicyclic amines) is 1. The Morgan fingerprint density at radius 3 is 3.00 bits per heavy atom. The van der Waals surface area contributed by atoms with Gasteiger partial charge in [-0.05, 0) is 37.7 Å². The van der Waals surface area contributed by atoms with Gasteiger partial charge in [0.15, 0.2) is 0 Å². The van der Waals surface area contributed by atoms with E-state index in [-0.39, 0.29) is 5.91 Å². The van der Waals surface area contributed by atoms with Crippen molar-refractivity contribution in [2.24, 2.45) is 5.92 Å². The second-order valence-corrected chi connectivity index (χ2v) is 6.10. The zero-order valence-corrected chi connectivity index (χ0v) is 13.3. The molecule has 1 N–H and O–H groups in total. The van der Waals surface area contributed by atoms with Crippen molar-refractivity contribution in [3.63, 3.8) is 0 Å². The molecule has 0 radical (unpaired) electrons. The minimum atomic E-state index is 0.0385. The van der Waals surface area contributed by atoms with Crippen molar-refractivity contribution in [2.75, 3.05) is 18.4 Å². The van der Waals surface area contributed by atoms with Crippen LogP contribution in [0.3, 0.4) is 0 Å². The number of carbonyl (C=O) groups excluding carboxylic acids is 1. The van der Waals surface area contributed by atoms with Crippen LogP contribution in [-0.2, 0) is 0 Å². The average Bonchev–Trinajstić information content (AvgIpc) is 2.52. The highest BCUT2D eigenvalue weighted by molar-refractivity contribution is 5.92. The topological polar surface area (TPSA) is 58.1 Å². The summed E-state index contributed by atoms with van der Waals surface area (Å²) >= 11 is 0. The summed E-state index contributed by atoms with van der Waals surface area (Å²) in [5, 5.41) is 3.17. The Morgan fingerprint density at radius 1 is 1.48 bits per heavy atom. The van der Waals surface area contributed by atoms with Crippen LogP contribution in [0.25, 0.3) is 0 Å². The number of aromatic nitrogens is 2. The van der Waals surface area contributed by atoms with Crippen molar-refractivity contribution in [2.45, 2.75) is 52.5 Å². The van der Waals surface area contributed by atoms with Gasteiger partial charge in [0.2, 0.25) is 5.95 Å². The van der Waals surface area contributed by atoms with Crippen LogP contribution in [0.2, 0.25) is 0 Å². The number of hydrogen-bond donors (Lipinski definition) is 1. The third kappa shape index (κ3) is 4.16. The fourth-order valence-electron chi connectivity index (χ4n) is 2.70. The first kappa shape index (κ1) is 15.7. The molecule has 116 valence electrons. The molecule has 0 spiro atoms. The normalized spacial score (nSPS) is 18.9. The zero-order chi connectivity index (χ0) is 15.2. The summed E-state index contributed by atoms with van der Waals surface area (Å²) in [6, 6.07) is 2.07. The minimum Gasteiger partial charge on any atom is -0.354 e. The minimum absolute atomic E-state index is 0.0385. The zero-order valence-electron chi connectivity index (χ0n) is 13.3. The van der Waals surface area contributed by atoms with E-state index >= 15 is 0 Å². The number of amides is 1. The van der Waals surface area contributed by atoms with Gasteiger partial charge < -0.3 is 10.2 Å². The van der Waals surface area contributed by atoms with E-state index in [0.717, 1.165) is 32.4 Å². The summed E-state index contributed by atoms with van der Waals surface area (Å²) in [5.41, 5.74) is 0.497. The Kier molecular flexibility index (Phi) is 5.53. The van der Waals surface area contributed by atoms with Crippen LogP contribution in [0.5, 0.6) is 0 Å². The standard InChI is InChI=1S/C16H26N4O/c1-4-13-7-5-6-10-20(13)15(21)14-8-9-17-16(19-14)18-11-12(2)3/h8-9,12-13H,4-7,10-11H2,1-3H3,(H,17,18,19). The first-order chi connectivity index (χ1) is 10.1. The van der Waals surface area contributed by atoms with Gasteiger partial charge in [-0.2, -0.15) is 0 Å². The fourth-order valence-corrected chi connectivity index (χ4v) is 2.70. The predicted molar refractivity (Wildman–Crippen MR) is 84.3 cm³/mol. The number of carbonyl (C=O) groups is 1. The van der Waals surface area contributed by atoms with Crippen LogP contribution in [0.4, 0.5) is 5.95 Å². The predicted octanol–water partition coefficient (Wildman–Crippen LogP) is 2.95. The molecule has 1 aromatic rings. The third-order valence-electron chi connectivity index (χ3n) is 3.90. The fraction of sp³-hybridized carbons (Fsp3) is 0.688. The molecule has 21 heavy (non-hydrogen) atoms. The first-order valence-corrected chi connectivity index (χ1v) is 7.99. The molecule has 1 aromatic heterocycles. The average molecular weight is 290 g/mol. The maximum absolute atomic E-state index is 12.7. The van der Waals surface area contributed by atoms with E-state index in [0.29, 0.717) is 23.6 Å². The molecule has 1 saturated heterocycles. The van der Waals surface area contributed by atoms with Crippen LogP contribution < -0.4 is 5.32 Å². The van der Waals surface area contributed by atoms with Crippen LogP contribution in [0.1, 0.15) is 56.9 Å². The van der Waals surface area contributed by atoms with Gasteiger partial charge >= 0.3 is 0 Å². The molecule has 1 fully saturated rings. The van der Waals surface area contributed by atoms with Gasteiger partial charge in [0.1, 0.15) is 5.69 Å². The van der Waals surface area contributed by atoms with E-state index in [1.807, 2.05) is 4.90 Å². The van der Waals surface area contributed by atoms with E-state index in [2.05, 4.69) is 36.1 Å². The van der Waals surface area contributed by atoms with Crippen molar-refractivity contribution < 1.29 is 4.79 Å². The lowest BCUT2D eigenvalue weighted by Crippen LogP contribution is -2.43. The van der Waals surface area contributed by atoms with E-state index in [1.165, 1.54) is 6.42 Å². The molecule has 1 amide bonds. The molecule has 2 rings (SSSR count). The van der Waals surface area contributed by atoms with Gasteiger partial charge in [-0.25, -0.2) is 9.97 Å². The first-order valence-electron chi connectivity index (χ1n) is 7.99. The van der Waals surface area contributed by atoms with Crippen molar-refractivity contribution in [3.8, 4) is 0 Å². The number of anilines is 1. The van der Waals surface area contributed by atoms with Gasteiger partial charge in [0.25, 0.3) is 5.91 Å². The molecule has 5 heteroatoms. The van der Waals surface area contributed by atoms with E-state index in [1.54, 1.807) is 12.3 Å². The summed E-state index contributed by atoms with van der Waals surface area (Å²) < 4.78 is 0. The summed E-state index contributed by atoms with van der Waals surface area (Å²) in [6.07, 6.45) is 6.08. The van der Waals surface area contributed by atoms with Gasteiger partial charge in [0, 0.05) is 25.3 Å².